The van der Waals surface area contributed by atoms with E-state index in [0.29, 0.717) is 29.4 Å². The third-order valence-electron chi connectivity index (χ3n) is 3.30. The largest absolute Gasteiger partial charge is 0.491 e. The SMILES string of the molecule is C=C(C)COc1ccccc1NC(=S)NC(=O)c1cccc(OC(C)C)c1. The average Bonchev–Trinajstić information content (AvgIpc) is 2.60. The Hall–Kier alpha value is -2.86. The maximum atomic E-state index is 12.4. The van der Waals surface area contributed by atoms with E-state index in [9.17, 15) is 4.79 Å². The number of thiocarbonyl (C=S) groups is 1. The lowest BCUT2D eigenvalue weighted by molar-refractivity contribution is 0.0977. The van der Waals surface area contributed by atoms with Crippen molar-refractivity contribution < 1.29 is 14.3 Å². The lowest BCUT2D eigenvalue weighted by Gasteiger charge is -2.15. The summed E-state index contributed by atoms with van der Waals surface area (Å²) in [6, 6.07) is 14.3. The van der Waals surface area contributed by atoms with E-state index in [4.69, 9.17) is 21.7 Å². The molecule has 0 unspecified atom stereocenters. The Bertz CT molecular complexity index is 834. The number of ether oxygens (including phenoxy) is 2. The molecule has 0 aliphatic heterocycles. The third kappa shape index (κ3) is 6.75. The van der Waals surface area contributed by atoms with Crippen molar-refractivity contribution in [2.75, 3.05) is 11.9 Å². The fraction of sp³-hybridized carbons (Fsp3) is 0.238. The third-order valence-corrected chi connectivity index (χ3v) is 3.51. The number of carbonyl (C=O) groups is 1. The van der Waals surface area contributed by atoms with Gasteiger partial charge in [0.2, 0.25) is 0 Å². The molecule has 5 nitrogen and oxygen atoms in total. The van der Waals surface area contributed by atoms with Gasteiger partial charge < -0.3 is 14.8 Å². The van der Waals surface area contributed by atoms with Gasteiger partial charge in [0.05, 0.1) is 11.8 Å². The number of rotatable bonds is 7. The van der Waals surface area contributed by atoms with Crippen LogP contribution in [0, 0.1) is 0 Å². The van der Waals surface area contributed by atoms with Crippen LogP contribution in [0.25, 0.3) is 0 Å². The number of carbonyl (C=O) groups excluding carboxylic acids is 1. The Balaban J connectivity index is 2.02. The van der Waals surface area contributed by atoms with E-state index in [-0.39, 0.29) is 17.1 Å². The van der Waals surface area contributed by atoms with Crippen LogP contribution < -0.4 is 20.1 Å². The van der Waals surface area contributed by atoms with Gasteiger partial charge in [0.15, 0.2) is 5.11 Å². The van der Waals surface area contributed by atoms with Gasteiger partial charge in [-0.1, -0.05) is 24.8 Å². The minimum absolute atomic E-state index is 0.0294. The summed E-state index contributed by atoms with van der Waals surface area (Å²) in [5, 5.41) is 5.85. The summed E-state index contributed by atoms with van der Waals surface area (Å²) in [5.41, 5.74) is 2.04. The Labute approximate surface area is 165 Å². The molecule has 0 aromatic heterocycles. The number of para-hydroxylation sites is 2. The van der Waals surface area contributed by atoms with E-state index in [1.54, 1.807) is 18.2 Å². The zero-order valence-corrected chi connectivity index (χ0v) is 16.6. The summed E-state index contributed by atoms with van der Waals surface area (Å²) in [4.78, 5) is 12.4. The smallest absolute Gasteiger partial charge is 0.257 e. The van der Waals surface area contributed by atoms with Crippen LogP contribution in [0.1, 0.15) is 31.1 Å². The first-order valence-electron chi connectivity index (χ1n) is 8.60. The topological polar surface area (TPSA) is 59.6 Å². The standard InChI is InChI=1S/C21H24N2O3S/c1-14(2)13-25-19-11-6-5-10-18(19)22-21(27)23-20(24)16-8-7-9-17(12-16)26-15(3)4/h5-12,15H,1,13H2,2-4H3,(H2,22,23,24,27). The van der Waals surface area contributed by atoms with E-state index >= 15 is 0 Å². The van der Waals surface area contributed by atoms with Crippen LogP contribution in [0.15, 0.2) is 60.7 Å². The van der Waals surface area contributed by atoms with E-state index < -0.39 is 0 Å². The molecular formula is C21H24N2O3S. The Morgan fingerprint density at radius 1 is 1.19 bits per heavy atom. The second-order valence-electron chi connectivity index (χ2n) is 6.34. The van der Waals surface area contributed by atoms with Gasteiger partial charge in [-0.2, -0.15) is 0 Å². The first-order chi connectivity index (χ1) is 12.8. The summed E-state index contributed by atoms with van der Waals surface area (Å²) in [6.45, 7) is 9.97. The molecule has 0 spiro atoms. The average molecular weight is 385 g/mol. The highest BCUT2D eigenvalue weighted by molar-refractivity contribution is 7.80. The summed E-state index contributed by atoms with van der Waals surface area (Å²) in [6.07, 6.45) is 0.0294. The molecule has 0 aliphatic carbocycles. The van der Waals surface area contributed by atoms with Crippen molar-refractivity contribution >= 4 is 28.9 Å². The first kappa shape index (κ1) is 20.5. The van der Waals surface area contributed by atoms with Crippen molar-refractivity contribution in [3.63, 3.8) is 0 Å². The van der Waals surface area contributed by atoms with Gasteiger partial charge in [0.1, 0.15) is 18.1 Å². The molecule has 0 heterocycles. The van der Waals surface area contributed by atoms with Crippen LogP contribution in [0.2, 0.25) is 0 Å². The zero-order valence-electron chi connectivity index (χ0n) is 15.7. The predicted molar refractivity (Wildman–Crippen MR) is 113 cm³/mol. The van der Waals surface area contributed by atoms with Gasteiger partial charge in [-0.05, 0) is 68.9 Å². The summed E-state index contributed by atoms with van der Waals surface area (Å²) in [7, 11) is 0. The van der Waals surface area contributed by atoms with Gasteiger partial charge >= 0.3 is 0 Å². The molecule has 0 fully saturated rings. The van der Waals surface area contributed by atoms with Crippen molar-refractivity contribution in [1.29, 1.82) is 0 Å². The molecular weight excluding hydrogens is 360 g/mol. The first-order valence-corrected chi connectivity index (χ1v) is 9.01. The highest BCUT2D eigenvalue weighted by Gasteiger charge is 2.11. The molecule has 1 amide bonds. The minimum atomic E-state index is -0.318. The van der Waals surface area contributed by atoms with Crippen molar-refractivity contribution in [2.45, 2.75) is 26.9 Å². The molecule has 0 aliphatic rings. The fourth-order valence-electron chi connectivity index (χ4n) is 2.21. The number of amides is 1. The summed E-state index contributed by atoms with van der Waals surface area (Å²) >= 11 is 5.26. The van der Waals surface area contributed by atoms with Crippen molar-refractivity contribution in [2.24, 2.45) is 0 Å². The van der Waals surface area contributed by atoms with Gasteiger partial charge in [-0.15, -0.1) is 0 Å². The van der Waals surface area contributed by atoms with E-state index in [1.807, 2.05) is 51.1 Å². The number of anilines is 1. The van der Waals surface area contributed by atoms with Gasteiger partial charge in [-0.25, -0.2) is 0 Å². The second-order valence-corrected chi connectivity index (χ2v) is 6.75. The number of hydrogen-bond acceptors (Lipinski definition) is 4. The maximum Gasteiger partial charge on any atom is 0.257 e. The molecule has 2 rings (SSSR count). The van der Waals surface area contributed by atoms with E-state index in [1.165, 1.54) is 0 Å². The van der Waals surface area contributed by atoms with Gasteiger partial charge in [0, 0.05) is 5.56 Å². The van der Waals surface area contributed by atoms with Crippen LogP contribution in [0.3, 0.4) is 0 Å². The van der Waals surface area contributed by atoms with Crippen molar-refractivity contribution in [3.05, 3.63) is 66.2 Å². The van der Waals surface area contributed by atoms with Crippen molar-refractivity contribution in [3.8, 4) is 11.5 Å². The molecule has 0 bridgehead atoms. The highest BCUT2D eigenvalue weighted by Crippen LogP contribution is 2.24. The molecule has 142 valence electrons. The molecule has 0 radical (unpaired) electrons. The molecule has 2 N–H and O–H groups in total. The molecule has 27 heavy (non-hydrogen) atoms. The van der Waals surface area contributed by atoms with Crippen molar-refractivity contribution in [1.82, 2.24) is 5.32 Å². The molecule has 0 saturated heterocycles. The molecule has 6 heteroatoms. The van der Waals surface area contributed by atoms with Crippen LogP contribution >= 0.6 is 12.2 Å². The fourth-order valence-corrected chi connectivity index (χ4v) is 2.41. The summed E-state index contributed by atoms with van der Waals surface area (Å²) < 4.78 is 11.3. The quantitative estimate of drug-likeness (QED) is 0.541. The maximum absolute atomic E-state index is 12.4. The summed E-state index contributed by atoms with van der Waals surface area (Å²) in [5.74, 6) is 0.946. The van der Waals surface area contributed by atoms with Crippen LogP contribution in [-0.2, 0) is 0 Å². The molecule has 2 aromatic rings. The minimum Gasteiger partial charge on any atom is -0.491 e. The highest BCUT2D eigenvalue weighted by atomic mass is 32.1. The Kier molecular flexibility index (Phi) is 7.37. The number of nitrogens with one attached hydrogen (secondary N) is 2. The molecule has 0 atom stereocenters. The number of benzene rings is 2. The normalized spacial score (nSPS) is 10.2. The molecule has 0 saturated carbocycles. The van der Waals surface area contributed by atoms with E-state index in [2.05, 4.69) is 17.2 Å². The van der Waals surface area contributed by atoms with Crippen LogP contribution in [0.4, 0.5) is 5.69 Å². The van der Waals surface area contributed by atoms with Gasteiger partial charge in [-0.3, -0.25) is 10.1 Å². The number of hydrogen-bond donors (Lipinski definition) is 2. The predicted octanol–water partition coefficient (Wildman–Crippen LogP) is 4.56. The Morgan fingerprint density at radius 2 is 1.93 bits per heavy atom. The second kappa shape index (κ2) is 9.73. The lowest BCUT2D eigenvalue weighted by atomic mass is 10.2. The lowest BCUT2D eigenvalue weighted by Crippen LogP contribution is -2.34. The monoisotopic (exact) mass is 384 g/mol. The van der Waals surface area contributed by atoms with Crippen LogP contribution in [-0.4, -0.2) is 23.7 Å². The van der Waals surface area contributed by atoms with Gasteiger partial charge in [0.25, 0.3) is 5.91 Å². The Morgan fingerprint density at radius 3 is 2.63 bits per heavy atom. The molecule has 2 aromatic carbocycles. The van der Waals surface area contributed by atoms with Crippen LogP contribution in [0.5, 0.6) is 11.5 Å². The van der Waals surface area contributed by atoms with E-state index in [0.717, 1.165) is 5.57 Å². The zero-order chi connectivity index (χ0) is 19.8.